The molecule has 0 aliphatic rings. The number of halogens is 2. The molecular weight excluding hydrogens is 471 g/mol. The summed E-state index contributed by atoms with van der Waals surface area (Å²) in [5.41, 5.74) is 1.06. The van der Waals surface area contributed by atoms with Crippen LogP contribution in [0.2, 0.25) is 5.02 Å². The minimum atomic E-state index is 0. The number of guanidine groups is 1. The molecule has 0 aliphatic carbocycles. The second-order valence-corrected chi connectivity index (χ2v) is 6.47. The van der Waals surface area contributed by atoms with Crippen LogP contribution in [0, 0.1) is 0 Å². The average Bonchev–Trinajstić information content (AvgIpc) is 2.63. The van der Waals surface area contributed by atoms with E-state index in [2.05, 4.69) is 20.6 Å². The van der Waals surface area contributed by atoms with E-state index in [1.54, 1.807) is 32.1 Å². The fourth-order valence-corrected chi connectivity index (χ4v) is 2.81. The topological polar surface area (TPSA) is 58.5 Å². The molecule has 136 valence electrons. The molecule has 0 radical (unpaired) electrons. The molecule has 0 spiro atoms. The van der Waals surface area contributed by atoms with Crippen molar-refractivity contribution in [2.24, 2.45) is 4.99 Å². The predicted octanol–water partition coefficient (Wildman–Crippen LogP) is 3.82. The second kappa shape index (κ2) is 12.2. The van der Waals surface area contributed by atoms with Gasteiger partial charge < -0.3 is 15.4 Å². The van der Waals surface area contributed by atoms with Crippen molar-refractivity contribution in [1.29, 1.82) is 0 Å². The molecule has 2 aromatic rings. The van der Waals surface area contributed by atoms with E-state index in [4.69, 9.17) is 16.3 Å². The van der Waals surface area contributed by atoms with Crippen LogP contribution in [0.4, 0.5) is 0 Å². The average molecular weight is 493 g/mol. The molecule has 0 bridgehead atoms. The highest BCUT2D eigenvalue weighted by Crippen LogP contribution is 2.19. The second-order valence-electron chi connectivity index (χ2n) is 4.86. The van der Waals surface area contributed by atoms with Gasteiger partial charge in [0, 0.05) is 48.1 Å². The number of aliphatic imine (C=N–C) groups is 1. The number of rotatable bonds is 7. The smallest absolute Gasteiger partial charge is 0.212 e. The van der Waals surface area contributed by atoms with Gasteiger partial charge in [-0.05, 0) is 29.8 Å². The Morgan fingerprint density at radius 2 is 1.96 bits per heavy atom. The van der Waals surface area contributed by atoms with E-state index >= 15 is 0 Å². The highest BCUT2D eigenvalue weighted by molar-refractivity contribution is 14.0. The Hall–Kier alpha value is -1.19. The van der Waals surface area contributed by atoms with E-state index in [0.29, 0.717) is 12.4 Å². The normalized spacial score (nSPS) is 10.8. The number of pyridine rings is 1. The Morgan fingerprint density at radius 1 is 1.20 bits per heavy atom. The molecule has 0 aliphatic heterocycles. The van der Waals surface area contributed by atoms with Crippen LogP contribution in [0.25, 0.3) is 0 Å². The molecule has 1 aromatic carbocycles. The first kappa shape index (κ1) is 21.9. The number of benzene rings is 1. The third kappa shape index (κ3) is 8.15. The first-order chi connectivity index (χ1) is 11.7. The Labute approximate surface area is 175 Å². The maximum absolute atomic E-state index is 5.88. The number of hydrogen-bond donors (Lipinski definition) is 2. The Kier molecular flexibility index (Phi) is 10.7. The van der Waals surface area contributed by atoms with Gasteiger partial charge in [-0.3, -0.25) is 4.99 Å². The van der Waals surface area contributed by atoms with Crippen LogP contribution in [0.15, 0.2) is 52.5 Å². The number of ether oxygens (including phenoxy) is 1. The summed E-state index contributed by atoms with van der Waals surface area (Å²) in [6, 6.07) is 11.7. The Morgan fingerprint density at radius 3 is 2.56 bits per heavy atom. The number of methoxy groups -OCH3 is 1. The van der Waals surface area contributed by atoms with Crippen molar-refractivity contribution in [3.63, 3.8) is 0 Å². The monoisotopic (exact) mass is 492 g/mol. The van der Waals surface area contributed by atoms with Crippen molar-refractivity contribution in [3.8, 4) is 5.88 Å². The number of hydrogen-bond acceptors (Lipinski definition) is 4. The summed E-state index contributed by atoms with van der Waals surface area (Å²) in [4.78, 5) is 9.60. The fraction of sp³-hybridized carbons (Fsp3) is 0.294. The lowest BCUT2D eigenvalue weighted by atomic mass is 10.3. The molecule has 25 heavy (non-hydrogen) atoms. The number of thioether (sulfide) groups is 1. The zero-order valence-electron chi connectivity index (χ0n) is 14.2. The molecule has 2 rings (SSSR count). The minimum Gasteiger partial charge on any atom is -0.481 e. The lowest BCUT2D eigenvalue weighted by molar-refractivity contribution is 0.397. The third-order valence-corrected chi connectivity index (χ3v) is 4.43. The van der Waals surface area contributed by atoms with Gasteiger partial charge in [0.05, 0.1) is 7.11 Å². The molecule has 0 amide bonds. The van der Waals surface area contributed by atoms with Gasteiger partial charge in [0.25, 0.3) is 0 Å². The molecule has 2 N–H and O–H groups in total. The molecule has 5 nitrogen and oxygen atoms in total. The van der Waals surface area contributed by atoms with Crippen molar-refractivity contribution in [1.82, 2.24) is 15.6 Å². The van der Waals surface area contributed by atoms with Crippen molar-refractivity contribution >= 4 is 53.3 Å². The Balaban J connectivity index is 0.00000312. The zero-order valence-corrected chi connectivity index (χ0v) is 18.1. The first-order valence-corrected chi connectivity index (χ1v) is 8.89. The van der Waals surface area contributed by atoms with E-state index < -0.39 is 0 Å². The molecule has 0 fully saturated rings. The summed E-state index contributed by atoms with van der Waals surface area (Å²) in [5, 5.41) is 7.31. The van der Waals surface area contributed by atoms with Gasteiger partial charge in [-0.2, -0.15) is 0 Å². The summed E-state index contributed by atoms with van der Waals surface area (Å²) >= 11 is 7.65. The molecular formula is C17H22ClIN4OS. The minimum absolute atomic E-state index is 0. The van der Waals surface area contributed by atoms with Gasteiger partial charge >= 0.3 is 0 Å². The standard InChI is InChI=1S/C17H21ClN4OS.HI/c1-19-17(22-12-13-3-8-16(23-2)21-11-13)20-9-10-24-15-6-4-14(18)5-7-15;/h3-8,11H,9-10,12H2,1-2H3,(H2,19,20,22);1H. The molecule has 0 atom stereocenters. The van der Waals surface area contributed by atoms with Gasteiger partial charge in [0.15, 0.2) is 5.96 Å². The van der Waals surface area contributed by atoms with Crippen LogP contribution in [-0.4, -0.2) is 37.4 Å². The van der Waals surface area contributed by atoms with Crippen LogP contribution in [0.3, 0.4) is 0 Å². The van der Waals surface area contributed by atoms with Gasteiger partial charge in [0.2, 0.25) is 5.88 Å². The van der Waals surface area contributed by atoms with Gasteiger partial charge in [-0.1, -0.05) is 17.7 Å². The van der Waals surface area contributed by atoms with Crippen molar-refractivity contribution in [2.45, 2.75) is 11.4 Å². The number of nitrogens with one attached hydrogen (secondary N) is 2. The van der Waals surface area contributed by atoms with E-state index in [9.17, 15) is 0 Å². The largest absolute Gasteiger partial charge is 0.481 e. The maximum atomic E-state index is 5.88. The molecule has 1 heterocycles. The summed E-state index contributed by atoms with van der Waals surface area (Å²) in [6.45, 7) is 1.47. The van der Waals surface area contributed by atoms with Gasteiger partial charge in [0.1, 0.15) is 0 Å². The van der Waals surface area contributed by atoms with Gasteiger partial charge in [-0.15, -0.1) is 35.7 Å². The number of aromatic nitrogens is 1. The lowest BCUT2D eigenvalue weighted by Gasteiger charge is -2.12. The van der Waals surface area contributed by atoms with Crippen LogP contribution >= 0.6 is 47.3 Å². The highest BCUT2D eigenvalue weighted by atomic mass is 127. The van der Waals surface area contributed by atoms with Crippen molar-refractivity contribution in [2.75, 3.05) is 26.5 Å². The zero-order chi connectivity index (χ0) is 17.2. The Bertz CT molecular complexity index is 653. The summed E-state index contributed by atoms with van der Waals surface area (Å²) in [5.74, 6) is 2.31. The molecule has 0 saturated carbocycles. The van der Waals surface area contributed by atoms with Crippen molar-refractivity contribution < 1.29 is 4.74 Å². The summed E-state index contributed by atoms with van der Waals surface area (Å²) in [7, 11) is 3.36. The van der Waals surface area contributed by atoms with Crippen LogP contribution < -0.4 is 15.4 Å². The van der Waals surface area contributed by atoms with E-state index in [0.717, 1.165) is 28.8 Å². The SMILES string of the molecule is CN=C(NCCSc1ccc(Cl)cc1)NCc1ccc(OC)nc1.I. The highest BCUT2D eigenvalue weighted by Gasteiger charge is 2.00. The van der Waals surface area contributed by atoms with Gasteiger partial charge in [-0.25, -0.2) is 4.98 Å². The molecule has 1 aromatic heterocycles. The van der Waals surface area contributed by atoms with Crippen LogP contribution in [0.5, 0.6) is 5.88 Å². The van der Waals surface area contributed by atoms with Crippen LogP contribution in [0.1, 0.15) is 5.56 Å². The predicted molar refractivity (Wildman–Crippen MR) is 117 cm³/mol. The first-order valence-electron chi connectivity index (χ1n) is 7.53. The van der Waals surface area contributed by atoms with E-state index in [1.165, 1.54) is 4.90 Å². The fourth-order valence-electron chi connectivity index (χ4n) is 1.91. The molecule has 0 unspecified atom stereocenters. The molecule has 0 saturated heterocycles. The lowest BCUT2D eigenvalue weighted by Crippen LogP contribution is -2.37. The summed E-state index contributed by atoms with van der Waals surface area (Å²) < 4.78 is 5.05. The van der Waals surface area contributed by atoms with Crippen molar-refractivity contribution in [3.05, 3.63) is 53.2 Å². The van der Waals surface area contributed by atoms with E-state index in [-0.39, 0.29) is 24.0 Å². The number of nitrogens with zero attached hydrogens (tertiary/aromatic N) is 2. The third-order valence-electron chi connectivity index (χ3n) is 3.17. The van der Waals surface area contributed by atoms with Crippen LogP contribution in [-0.2, 0) is 6.54 Å². The summed E-state index contributed by atoms with van der Waals surface area (Å²) in [6.07, 6.45) is 1.79. The molecule has 8 heteroatoms. The quantitative estimate of drug-likeness (QED) is 0.202. The maximum Gasteiger partial charge on any atom is 0.212 e. The van der Waals surface area contributed by atoms with E-state index in [1.807, 2.05) is 36.4 Å².